The molecule has 1 atom stereocenters. The quantitative estimate of drug-likeness (QED) is 0.560. The molecule has 132 valence electrons. The van der Waals surface area contributed by atoms with E-state index < -0.39 is 0 Å². The fraction of sp³-hybridized carbons (Fsp3) is 0.211. The lowest BCUT2D eigenvalue weighted by molar-refractivity contribution is 0.0933. The summed E-state index contributed by atoms with van der Waals surface area (Å²) in [5, 5.41) is 7.85. The number of nitrogens with zero attached hydrogens (tertiary/aromatic N) is 3. The van der Waals surface area contributed by atoms with E-state index in [9.17, 15) is 4.79 Å². The standard InChI is InChI=1S/C19H18N4OS2/c1-11-4-6-14(7-5-11)15-8-23-17(10-26-19(23)22-15)18(24)20-12(2)16-9-25-13(3)21-16/h4-10,12H,1-3H3,(H,20,24). The van der Waals surface area contributed by atoms with Crippen molar-refractivity contribution in [1.82, 2.24) is 19.7 Å². The molecule has 0 aliphatic heterocycles. The molecule has 0 saturated heterocycles. The number of aryl methyl sites for hydroxylation is 2. The van der Waals surface area contributed by atoms with Crippen molar-refractivity contribution in [1.29, 1.82) is 0 Å². The van der Waals surface area contributed by atoms with Crippen molar-refractivity contribution in [2.75, 3.05) is 0 Å². The summed E-state index contributed by atoms with van der Waals surface area (Å²) in [6.07, 6.45) is 1.92. The molecule has 5 nitrogen and oxygen atoms in total. The van der Waals surface area contributed by atoms with Crippen molar-refractivity contribution >= 4 is 33.5 Å². The minimum atomic E-state index is -0.137. The van der Waals surface area contributed by atoms with Gasteiger partial charge in [-0.2, -0.15) is 0 Å². The first-order chi connectivity index (χ1) is 12.5. The van der Waals surface area contributed by atoms with Crippen molar-refractivity contribution in [3.05, 3.63) is 63.2 Å². The molecular weight excluding hydrogens is 364 g/mol. The molecule has 4 aromatic rings. The van der Waals surface area contributed by atoms with Crippen LogP contribution in [-0.2, 0) is 0 Å². The van der Waals surface area contributed by atoms with E-state index in [1.54, 1.807) is 11.3 Å². The Morgan fingerprint density at radius 2 is 1.88 bits per heavy atom. The first-order valence-corrected chi connectivity index (χ1v) is 10.0. The predicted molar refractivity (Wildman–Crippen MR) is 106 cm³/mol. The summed E-state index contributed by atoms with van der Waals surface area (Å²) in [7, 11) is 0. The molecule has 1 amide bonds. The van der Waals surface area contributed by atoms with E-state index in [0.717, 1.165) is 26.9 Å². The number of thiazole rings is 2. The molecule has 3 heterocycles. The Kier molecular flexibility index (Phi) is 4.34. The van der Waals surface area contributed by atoms with Gasteiger partial charge in [0.15, 0.2) is 4.96 Å². The van der Waals surface area contributed by atoms with E-state index >= 15 is 0 Å². The molecule has 0 spiro atoms. The monoisotopic (exact) mass is 382 g/mol. The van der Waals surface area contributed by atoms with E-state index in [1.807, 2.05) is 47.3 Å². The highest BCUT2D eigenvalue weighted by Crippen LogP contribution is 2.24. The fourth-order valence-corrected chi connectivity index (χ4v) is 4.29. The van der Waals surface area contributed by atoms with Gasteiger partial charge in [0, 0.05) is 22.5 Å². The van der Waals surface area contributed by atoms with Crippen LogP contribution in [0.2, 0.25) is 0 Å². The molecule has 3 aromatic heterocycles. The summed E-state index contributed by atoms with van der Waals surface area (Å²) >= 11 is 3.05. The first kappa shape index (κ1) is 16.9. The highest BCUT2D eigenvalue weighted by molar-refractivity contribution is 7.15. The Morgan fingerprint density at radius 1 is 1.12 bits per heavy atom. The van der Waals surface area contributed by atoms with Crippen LogP contribution in [-0.4, -0.2) is 20.3 Å². The third-order valence-electron chi connectivity index (χ3n) is 4.22. The molecule has 0 radical (unpaired) electrons. The number of nitrogens with one attached hydrogen (secondary N) is 1. The van der Waals surface area contributed by atoms with Crippen LogP contribution in [0, 0.1) is 13.8 Å². The van der Waals surface area contributed by atoms with Crippen LogP contribution in [0.5, 0.6) is 0 Å². The van der Waals surface area contributed by atoms with E-state index in [-0.39, 0.29) is 11.9 Å². The van der Waals surface area contributed by atoms with Crippen LogP contribution in [0.3, 0.4) is 0 Å². The van der Waals surface area contributed by atoms with Gasteiger partial charge < -0.3 is 5.32 Å². The van der Waals surface area contributed by atoms with Gasteiger partial charge in [-0.15, -0.1) is 22.7 Å². The zero-order valence-corrected chi connectivity index (χ0v) is 16.3. The van der Waals surface area contributed by atoms with Crippen molar-refractivity contribution < 1.29 is 4.79 Å². The average Bonchev–Trinajstić information content (AvgIpc) is 3.30. The molecule has 0 bridgehead atoms. The molecule has 0 aliphatic carbocycles. The molecule has 1 N–H and O–H groups in total. The molecular formula is C19H18N4OS2. The Hall–Kier alpha value is -2.51. The minimum absolute atomic E-state index is 0.123. The summed E-state index contributed by atoms with van der Waals surface area (Å²) in [5.41, 5.74) is 4.60. The van der Waals surface area contributed by atoms with Gasteiger partial charge in [0.2, 0.25) is 0 Å². The number of imidazole rings is 1. The number of hydrogen-bond acceptors (Lipinski definition) is 5. The summed E-state index contributed by atoms with van der Waals surface area (Å²) in [5.74, 6) is -0.123. The normalized spacial score (nSPS) is 12.4. The van der Waals surface area contributed by atoms with Gasteiger partial charge in [-0.25, -0.2) is 9.97 Å². The summed E-state index contributed by atoms with van der Waals surface area (Å²) < 4.78 is 1.86. The molecule has 0 aliphatic rings. The zero-order chi connectivity index (χ0) is 18.3. The minimum Gasteiger partial charge on any atom is -0.343 e. The van der Waals surface area contributed by atoms with Gasteiger partial charge in [0.1, 0.15) is 5.69 Å². The molecule has 1 aromatic carbocycles. The smallest absolute Gasteiger partial charge is 0.269 e. The number of fused-ring (bicyclic) bond motifs is 1. The number of benzene rings is 1. The number of rotatable bonds is 4. The fourth-order valence-electron chi connectivity index (χ4n) is 2.73. The van der Waals surface area contributed by atoms with Crippen molar-refractivity contribution in [2.24, 2.45) is 0 Å². The third-order valence-corrected chi connectivity index (χ3v) is 5.85. The zero-order valence-electron chi connectivity index (χ0n) is 14.7. The van der Waals surface area contributed by atoms with Gasteiger partial charge >= 0.3 is 0 Å². The second-order valence-corrected chi connectivity index (χ2v) is 8.15. The molecule has 0 saturated carbocycles. The molecule has 26 heavy (non-hydrogen) atoms. The summed E-state index contributed by atoms with van der Waals surface area (Å²) in [6, 6.07) is 8.09. The largest absolute Gasteiger partial charge is 0.343 e. The van der Waals surface area contributed by atoms with Crippen LogP contribution in [0.25, 0.3) is 16.2 Å². The Balaban J connectivity index is 1.60. The average molecular weight is 383 g/mol. The lowest BCUT2D eigenvalue weighted by Crippen LogP contribution is -2.27. The summed E-state index contributed by atoms with van der Waals surface area (Å²) in [6.45, 7) is 5.97. The van der Waals surface area contributed by atoms with Crippen LogP contribution in [0.1, 0.15) is 39.7 Å². The van der Waals surface area contributed by atoms with Crippen LogP contribution < -0.4 is 5.32 Å². The maximum absolute atomic E-state index is 12.7. The Morgan fingerprint density at radius 3 is 2.58 bits per heavy atom. The van der Waals surface area contributed by atoms with E-state index in [1.165, 1.54) is 16.9 Å². The van der Waals surface area contributed by atoms with Gasteiger partial charge in [0.05, 0.1) is 22.4 Å². The highest BCUT2D eigenvalue weighted by atomic mass is 32.1. The molecule has 0 fully saturated rings. The first-order valence-electron chi connectivity index (χ1n) is 8.28. The van der Waals surface area contributed by atoms with Gasteiger partial charge in [-0.3, -0.25) is 9.20 Å². The van der Waals surface area contributed by atoms with Crippen LogP contribution >= 0.6 is 22.7 Å². The molecule has 1 unspecified atom stereocenters. The molecule has 4 rings (SSSR count). The molecule has 7 heteroatoms. The predicted octanol–water partition coefficient (Wildman–Crippen LogP) is 4.63. The maximum atomic E-state index is 12.7. The Bertz CT molecular complexity index is 1070. The lowest BCUT2D eigenvalue weighted by Gasteiger charge is -2.10. The number of hydrogen-bond donors (Lipinski definition) is 1. The van der Waals surface area contributed by atoms with Gasteiger partial charge in [-0.05, 0) is 20.8 Å². The van der Waals surface area contributed by atoms with Crippen LogP contribution in [0.4, 0.5) is 0 Å². The van der Waals surface area contributed by atoms with Crippen molar-refractivity contribution in [2.45, 2.75) is 26.8 Å². The Labute approximate surface area is 159 Å². The second-order valence-electron chi connectivity index (χ2n) is 6.25. The van der Waals surface area contributed by atoms with Crippen molar-refractivity contribution in [3.63, 3.8) is 0 Å². The van der Waals surface area contributed by atoms with Crippen LogP contribution in [0.15, 0.2) is 41.2 Å². The number of carbonyl (C=O) groups excluding carboxylic acids is 1. The second kappa shape index (κ2) is 6.66. The van der Waals surface area contributed by atoms with Gasteiger partial charge in [0.25, 0.3) is 5.91 Å². The topological polar surface area (TPSA) is 59.3 Å². The third kappa shape index (κ3) is 3.15. The van der Waals surface area contributed by atoms with E-state index in [4.69, 9.17) is 0 Å². The number of amides is 1. The summed E-state index contributed by atoms with van der Waals surface area (Å²) in [4.78, 5) is 22.6. The number of aromatic nitrogens is 3. The van der Waals surface area contributed by atoms with Gasteiger partial charge in [-0.1, -0.05) is 29.8 Å². The SMILES string of the molecule is Cc1ccc(-c2cn3c(C(=O)NC(C)c4csc(C)n4)csc3n2)cc1. The van der Waals surface area contributed by atoms with Crippen molar-refractivity contribution in [3.8, 4) is 11.3 Å². The highest BCUT2D eigenvalue weighted by Gasteiger charge is 2.18. The van der Waals surface area contributed by atoms with E-state index in [0.29, 0.717) is 5.69 Å². The lowest BCUT2D eigenvalue weighted by atomic mass is 10.1. The maximum Gasteiger partial charge on any atom is 0.269 e. The number of carbonyl (C=O) groups is 1. The van der Waals surface area contributed by atoms with E-state index in [2.05, 4.69) is 34.3 Å².